The van der Waals surface area contributed by atoms with Crippen LogP contribution >= 0.6 is 11.3 Å². The van der Waals surface area contributed by atoms with Crippen LogP contribution in [0.1, 0.15) is 34.7 Å². The minimum Gasteiger partial charge on any atom is -0.337 e. The second-order valence-corrected chi connectivity index (χ2v) is 5.99. The zero-order chi connectivity index (χ0) is 14.8. The minimum absolute atomic E-state index is 0.0122. The molecule has 0 aromatic carbocycles. The van der Waals surface area contributed by atoms with Crippen LogP contribution in [0.4, 0.5) is 11.1 Å². The number of nitrogens with one attached hydrogen (secondary N) is 1. The van der Waals surface area contributed by atoms with Gasteiger partial charge in [0.15, 0.2) is 5.13 Å². The smallest absolute Gasteiger partial charge is 0.273 e. The third-order valence-corrected chi connectivity index (χ3v) is 4.08. The Bertz CT molecular complexity index is 643. The van der Waals surface area contributed by atoms with Gasteiger partial charge in [-0.25, -0.2) is 15.0 Å². The van der Waals surface area contributed by atoms with Crippen molar-refractivity contribution in [2.75, 3.05) is 18.4 Å². The maximum atomic E-state index is 12.2. The van der Waals surface area contributed by atoms with Crippen LogP contribution in [0.25, 0.3) is 0 Å². The van der Waals surface area contributed by atoms with Crippen LogP contribution in [0.3, 0.4) is 0 Å². The molecule has 1 fully saturated rings. The van der Waals surface area contributed by atoms with E-state index in [2.05, 4.69) is 20.3 Å². The number of thiazole rings is 1. The lowest BCUT2D eigenvalue weighted by atomic mass is 10.4. The van der Waals surface area contributed by atoms with Crippen LogP contribution in [-0.2, 0) is 0 Å². The van der Waals surface area contributed by atoms with Gasteiger partial charge >= 0.3 is 0 Å². The van der Waals surface area contributed by atoms with E-state index in [1.54, 1.807) is 5.38 Å². The number of likely N-dealkylation sites (tertiary alicyclic amines) is 1. The normalized spacial score (nSPS) is 14.5. The predicted octanol–water partition coefficient (Wildman–Crippen LogP) is 2.53. The van der Waals surface area contributed by atoms with Gasteiger partial charge in [0.05, 0.1) is 0 Å². The standard InChI is InChI=1S/C14H17N5OS/c1-9-7-10(2)16-13(15-9)18-14-17-11(8-21-14)12(20)19-5-3-4-6-19/h7-8H,3-6H2,1-2H3,(H,15,16,17,18). The molecule has 0 radical (unpaired) electrons. The van der Waals surface area contributed by atoms with Crippen LogP contribution in [0.2, 0.25) is 0 Å². The fourth-order valence-corrected chi connectivity index (χ4v) is 3.07. The lowest BCUT2D eigenvalue weighted by molar-refractivity contribution is 0.0788. The molecule has 21 heavy (non-hydrogen) atoms. The molecule has 0 unspecified atom stereocenters. The number of nitrogens with zero attached hydrogens (tertiary/aromatic N) is 4. The van der Waals surface area contributed by atoms with Gasteiger partial charge in [-0.2, -0.15) is 0 Å². The molecule has 110 valence electrons. The van der Waals surface area contributed by atoms with Gasteiger partial charge in [0.2, 0.25) is 5.95 Å². The highest BCUT2D eigenvalue weighted by Crippen LogP contribution is 2.21. The number of hydrogen-bond donors (Lipinski definition) is 1. The number of anilines is 2. The molecule has 3 rings (SSSR count). The minimum atomic E-state index is 0.0122. The molecule has 2 aromatic rings. The van der Waals surface area contributed by atoms with E-state index in [1.807, 2.05) is 24.8 Å². The highest BCUT2D eigenvalue weighted by molar-refractivity contribution is 7.14. The van der Waals surface area contributed by atoms with Gasteiger partial charge in [-0.1, -0.05) is 0 Å². The molecule has 1 amide bonds. The molecule has 1 aliphatic heterocycles. The fourth-order valence-electron chi connectivity index (χ4n) is 2.39. The summed E-state index contributed by atoms with van der Waals surface area (Å²) in [6.07, 6.45) is 2.16. The number of aryl methyl sites for hydroxylation is 2. The average Bonchev–Trinajstić information content (AvgIpc) is 3.07. The zero-order valence-corrected chi connectivity index (χ0v) is 12.9. The van der Waals surface area contributed by atoms with Crippen molar-refractivity contribution in [1.82, 2.24) is 19.9 Å². The Morgan fingerprint density at radius 1 is 1.19 bits per heavy atom. The fraction of sp³-hybridized carbons (Fsp3) is 0.429. The molecule has 0 aliphatic carbocycles. The third-order valence-electron chi connectivity index (χ3n) is 3.32. The molecule has 1 saturated heterocycles. The molecular formula is C14H17N5OS. The first kappa shape index (κ1) is 13.9. The molecule has 1 aliphatic rings. The van der Waals surface area contributed by atoms with Gasteiger partial charge in [0.1, 0.15) is 5.69 Å². The van der Waals surface area contributed by atoms with Crippen LogP contribution in [0.5, 0.6) is 0 Å². The monoisotopic (exact) mass is 303 g/mol. The van der Waals surface area contributed by atoms with Gasteiger partial charge < -0.3 is 10.2 Å². The van der Waals surface area contributed by atoms with Crippen molar-refractivity contribution in [3.05, 3.63) is 28.5 Å². The number of rotatable bonds is 3. The van der Waals surface area contributed by atoms with E-state index < -0.39 is 0 Å². The summed E-state index contributed by atoms with van der Waals surface area (Å²) in [5.41, 5.74) is 2.29. The van der Waals surface area contributed by atoms with Gasteiger partial charge in [-0.05, 0) is 32.8 Å². The highest BCUT2D eigenvalue weighted by atomic mass is 32.1. The Morgan fingerprint density at radius 2 is 1.86 bits per heavy atom. The molecular weight excluding hydrogens is 286 g/mol. The summed E-state index contributed by atoms with van der Waals surface area (Å²) < 4.78 is 0. The number of aromatic nitrogens is 3. The summed E-state index contributed by atoms with van der Waals surface area (Å²) in [5, 5.41) is 5.49. The number of carbonyl (C=O) groups excluding carboxylic acids is 1. The van der Waals surface area contributed by atoms with Crippen molar-refractivity contribution in [3.63, 3.8) is 0 Å². The van der Waals surface area contributed by atoms with Crippen molar-refractivity contribution in [2.24, 2.45) is 0 Å². The lowest BCUT2D eigenvalue weighted by Crippen LogP contribution is -2.27. The summed E-state index contributed by atoms with van der Waals surface area (Å²) in [7, 11) is 0. The van der Waals surface area contributed by atoms with E-state index in [0.29, 0.717) is 16.8 Å². The van der Waals surface area contributed by atoms with Gasteiger partial charge in [-0.15, -0.1) is 11.3 Å². The molecule has 1 N–H and O–H groups in total. The van der Waals surface area contributed by atoms with Crippen molar-refractivity contribution >= 4 is 28.3 Å². The molecule has 6 nitrogen and oxygen atoms in total. The van der Waals surface area contributed by atoms with E-state index in [4.69, 9.17) is 0 Å². The third kappa shape index (κ3) is 3.18. The Balaban J connectivity index is 1.74. The predicted molar refractivity (Wildman–Crippen MR) is 82.0 cm³/mol. The molecule has 0 bridgehead atoms. The highest BCUT2D eigenvalue weighted by Gasteiger charge is 2.21. The SMILES string of the molecule is Cc1cc(C)nc(Nc2nc(C(=O)N3CCCC3)cs2)n1. The molecule has 0 spiro atoms. The van der Waals surface area contributed by atoms with Crippen molar-refractivity contribution in [1.29, 1.82) is 0 Å². The first-order valence-electron chi connectivity index (χ1n) is 6.96. The van der Waals surface area contributed by atoms with Gasteiger partial charge in [0.25, 0.3) is 5.91 Å². The van der Waals surface area contributed by atoms with Crippen LogP contribution in [0.15, 0.2) is 11.4 Å². The number of amides is 1. The molecule has 2 aromatic heterocycles. The van der Waals surface area contributed by atoms with Crippen LogP contribution < -0.4 is 5.32 Å². The topological polar surface area (TPSA) is 71.0 Å². The van der Waals surface area contributed by atoms with E-state index in [9.17, 15) is 4.79 Å². The lowest BCUT2D eigenvalue weighted by Gasteiger charge is -2.12. The molecule has 3 heterocycles. The average molecular weight is 303 g/mol. The zero-order valence-electron chi connectivity index (χ0n) is 12.1. The summed E-state index contributed by atoms with van der Waals surface area (Å²) in [4.78, 5) is 27.1. The Hall–Kier alpha value is -2.02. The van der Waals surface area contributed by atoms with Gasteiger partial charge in [0, 0.05) is 29.9 Å². The van der Waals surface area contributed by atoms with Crippen molar-refractivity contribution in [3.8, 4) is 0 Å². The number of hydrogen-bond acceptors (Lipinski definition) is 6. The molecule has 0 atom stereocenters. The maximum absolute atomic E-state index is 12.2. The van der Waals surface area contributed by atoms with E-state index in [1.165, 1.54) is 11.3 Å². The van der Waals surface area contributed by atoms with E-state index >= 15 is 0 Å². The van der Waals surface area contributed by atoms with Crippen molar-refractivity contribution < 1.29 is 4.79 Å². The second-order valence-electron chi connectivity index (χ2n) is 5.14. The summed E-state index contributed by atoms with van der Waals surface area (Å²) in [6, 6.07) is 1.91. The van der Waals surface area contributed by atoms with E-state index in [0.717, 1.165) is 37.3 Å². The summed E-state index contributed by atoms with van der Waals surface area (Å²) in [6.45, 7) is 5.51. The van der Waals surface area contributed by atoms with Crippen molar-refractivity contribution in [2.45, 2.75) is 26.7 Å². The largest absolute Gasteiger partial charge is 0.337 e. The van der Waals surface area contributed by atoms with Crippen LogP contribution in [0, 0.1) is 13.8 Å². The Morgan fingerprint density at radius 3 is 2.52 bits per heavy atom. The van der Waals surface area contributed by atoms with Gasteiger partial charge in [-0.3, -0.25) is 4.79 Å². The molecule has 0 saturated carbocycles. The maximum Gasteiger partial charge on any atom is 0.273 e. The van der Waals surface area contributed by atoms with Crippen LogP contribution in [-0.4, -0.2) is 38.8 Å². The second kappa shape index (κ2) is 5.77. The Labute approximate surface area is 127 Å². The first-order chi connectivity index (χ1) is 10.1. The van der Waals surface area contributed by atoms with E-state index in [-0.39, 0.29) is 5.91 Å². The Kier molecular flexibility index (Phi) is 3.83. The summed E-state index contributed by atoms with van der Waals surface area (Å²) in [5.74, 6) is 0.528. The number of carbonyl (C=O) groups is 1. The quantitative estimate of drug-likeness (QED) is 0.943. The summed E-state index contributed by atoms with van der Waals surface area (Å²) >= 11 is 1.39. The molecule has 7 heteroatoms. The first-order valence-corrected chi connectivity index (χ1v) is 7.84.